The van der Waals surface area contributed by atoms with Crippen LogP contribution in [0.2, 0.25) is 5.02 Å². The Kier molecular flexibility index (Phi) is 9.25. The number of ether oxygens (including phenoxy) is 1. The van der Waals surface area contributed by atoms with Crippen LogP contribution in [0, 0.1) is 6.92 Å². The number of carboxylic acids is 2. The van der Waals surface area contributed by atoms with Crippen LogP contribution in [0.15, 0.2) is 10.5 Å². The van der Waals surface area contributed by atoms with Gasteiger partial charge < -0.3 is 39.6 Å². The molecule has 2 unspecified atom stereocenters. The van der Waals surface area contributed by atoms with E-state index in [1.54, 1.807) is 19.9 Å². The van der Waals surface area contributed by atoms with E-state index in [0.717, 1.165) is 0 Å². The third-order valence-corrected chi connectivity index (χ3v) is 4.29. The molecule has 0 radical (unpaired) electrons. The van der Waals surface area contributed by atoms with Crippen LogP contribution in [-0.2, 0) is 20.9 Å². The number of aryl methyl sites for hydroxylation is 1. The second-order valence-electron chi connectivity index (χ2n) is 6.63. The zero-order valence-electron chi connectivity index (χ0n) is 17.2. The topological polar surface area (TPSA) is 178 Å². The minimum atomic E-state index is -2.27. The number of phenolic OH excluding ortho intramolecular Hbond substituents is 1. The largest absolute Gasteiger partial charge is 0.506 e. The molecule has 0 saturated carbocycles. The molecule has 2 atom stereocenters. The molecule has 5 N–H and O–H groups in total. The first-order valence-corrected chi connectivity index (χ1v) is 9.28. The van der Waals surface area contributed by atoms with E-state index in [0.29, 0.717) is 28.8 Å². The fourth-order valence-electron chi connectivity index (χ4n) is 2.55. The lowest BCUT2D eigenvalue weighted by molar-refractivity contribution is -0.165. The summed E-state index contributed by atoms with van der Waals surface area (Å²) in [7, 11) is 3.77. The van der Waals surface area contributed by atoms with Crippen molar-refractivity contribution in [3.05, 3.63) is 28.0 Å². The number of nitrogens with zero attached hydrogens (tertiary/aromatic N) is 1. The Bertz CT molecular complexity index is 950. The Balaban J connectivity index is 0.000000407. The maximum absolute atomic E-state index is 12.0. The molecule has 1 heterocycles. The summed E-state index contributed by atoms with van der Waals surface area (Å²) in [5.74, 6) is -3.66. The highest BCUT2D eigenvalue weighted by molar-refractivity contribution is 6.38. The van der Waals surface area contributed by atoms with Crippen molar-refractivity contribution in [2.24, 2.45) is 0 Å². The van der Waals surface area contributed by atoms with E-state index in [9.17, 15) is 19.5 Å². The van der Waals surface area contributed by atoms with Crippen LogP contribution in [-0.4, -0.2) is 81.3 Å². The molecule has 2 aromatic rings. The average molecular weight is 462 g/mol. The summed E-state index contributed by atoms with van der Waals surface area (Å²) in [6.45, 7) is 4.16. The molecule has 172 valence electrons. The minimum absolute atomic E-state index is 0.0378. The van der Waals surface area contributed by atoms with Gasteiger partial charge in [0.15, 0.2) is 12.2 Å². The lowest BCUT2D eigenvalue weighted by Crippen LogP contribution is -2.39. The highest BCUT2D eigenvalue weighted by Crippen LogP contribution is 2.40. The number of aromatic hydroxyl groups is 1. The molecule has 2 rings (SSSR count). The molecule has 0 saturated heterocycles. The normalized spacial score (nSPS) is 12.8. The smallest absolute Gasteiger partial charge is 0.342 e. The van der Waals surface area contributed by atoms with Gasteiger partial charge in [0.05, 0.1) is 17.0 Å². The van der Waals surface area contributed by atoms with Gasteiger partial charge >= 0.3 is 17.9 Å². The zero-order valence-corrected chi connectivity index (χ0v) is 18.0. The SMILES string of the molecule is CCOC(=O)c1c(C)oc2cc(CN(C)C)c(O)c(Cl)c12.O=C(O)C(O)C(O)C(=O)O. The van der Waals surface area contributed by atoms with E-state index in [2.05, 4.69) is 0 Å². The number of fused-ring (bicyclic) bond motifs is 1. The van der Waals surface area contributed by atoms with Crippen molar-refractivity contribution in [2.45, 2.75) is 32.6 Å². The number of aliphatic hydroxyl groups excluding tert-OH is 2. The molecule has 12 heteroatoms. The molecule has 1 aromatic heterocycles. The van der Waals surface area contributed by atoms with E-state index >= 15 is 0 Å². The second kappa shape index (κ2) is 11.0. The summed E-state index contributed by atoms with van der Waals surface area (Å²) in [6.07, 6.45) is -4.53. The minimum Gasteiger partial charge on any atom is -0.506 e. The van der Waals surface area contributed by atoms with Gasteiger partial charge in [0.1, 0.15) is 22.7 Å². The van der Waals surface area contributed by atoms with Crippen molar-refractivity contribution in [1.29, 1.82) is 0 Å². The quantitative estimate of drug-likeness (QED) is 0.374. The van der Waals surface area contributed by atoms with Crippen molar-refractivity contribution < 1.29 is 49.1 Å². The zero-order chi connectivity index (χ0) is 24.0. The van der Waals surface area contributed by atoms with Crippen LogP contribution in [0.4, 0.5) is 0 Å². The van der Waals surface area contributed by atoms with Crippen LogP contribution in [0.25, 0.3) is 11.0 Å². The molecule has 0 aliphatic heterocycles. The van der Waals surface area contributed by atoms with E-state index in [4.69, 9.17) is 41.2 Å². The van der Waals surface area contributed by atoms with Gasteiger partial charge in [-0.05, 0) is 34.0 Å². The summed E-state index contributed by atoms with van der Waals surface area (Å²) in [5.41, 5.74) is 1.38. The van der Waals surface area contributed by atoms with Crippen LogP contribution in [0.3, 0.4) is 0 Å². The van der Waals surface area contributed by atoms with Gasteiger partial charge in [-0.3, -0.25) is 0 Å². The first-order chi connectivity index (χ1) is 14.3. The summed E-state index contributed by atoms with van der Waals surface area (Å²) < 4.78 is 10.6. The summed E-state index contributed by atoms with van der Waals surface area (Å²) in [6, 6.07) is 1.70. The van der Waals surface area contributed by atoms with E-state index < -0.39 is 30.1 Å². The van der Waals surface area contributed by atoms with Crippen molar-refractivity contribution in [3.63, 3.8) is 0 Å². The van der Waals surface area contributed by atoms with Crippen LogP contribution < -0.4 is 0 Å². The Labute approximate surface area is 182 Å². The Morgan fingerprint density at radius 1 is 1.16 bits per heavy atom. The molecule has 1 aromatic carbocycles. The fraction of sp³-hybridized carbons (Fsp3) is 0.421. The number of rotatable bonds is 7. The van der Waals surface area contributed by atoms with E-state index in [1.165, 1.54) is 0 Å². The first kappa shape index (κ1) is 26.2. The lowest BCUT2D eigenvalue weighted by Gasteiger charge is -2.12. The maximum atomic E-state index is 12.0. The van der Waals surface area contributed by atoms with Crippen LogP contribution in [0.1, 0.15) is 28.6 Å². The molecule has 0 aliphatic rings. The van der Waals surface area contributed by atoms with E-state index in [-0.39, 0.29) is 22.9 Å². The number of benzene rings is 1. The van der Waals surface area contributed by atoms with Gasteiger partial charge in [0.25, 0.3) is 0 Å². The fourth-order valence-corrected chi connectivity index (χ4v) is 2.86. The van der Waals surface area contributed by atoms with Gasteiger partial charge in [-0.1, -0.05) is 11.6 Å². The van der Waals surface area contributed by atoms with Crippen molar-refractivity contribution in [1.82, 2.24) is 4.90 Å². The molecule has 0 fully saturated rings. The Morgan fingerprint density at radius 3 is 2.10 bits per heavy atom. The highest BCUT2D eigenvalue weighted by Gasteiger charge is 2.29. The number of hydrogen-bond acceptors (Lipinski definition) is 9. The van der Waals surface area contributed by atoms with Crippen LogP contribution in [0.5, 0.6) is 5.75 Å². The number of aliphatic carboxylic acids is 2. The van der Waals surface area contributed by atoms with Crippen LogP contribution >= 0.6 is 11.6 Å². The van der Waals surface area contributed by atoms with Crippen molar-refractivity contribution >= 4 is 40.5 Å². The number of carboxylic acid groups (broad SMARTS) is 2. The van der Waals surface area contributed by atoms with Crippen molar-refractivity contribution in [2.75, 3.05) is 20.7 Å². The van der Waals surface area contributed by atoms with E-state index in [1.807, 2.05) is 19.0 Å². The Morgan fingerprint density at radius 2 is 1.68 bits per heavy atom. The van der Waals surface area contributed by atoms with Gasteiger partial charge in [-0.2, -0.15) is 0 Å². The molecule has 11 nitrogen and oxygen atoms in total. The summed E-state index contributed by atoms with van der Waals surface area (Å²) >= 11 is 6.24. The number of phenols is 1. The van der Waals surface area contributed by atoms with Gasteiger partial charge in [-0.15, -0.1) is 0 Å². The Hall–Kier alpha value is -2.86. The first-order valence-electron chi connectivity index (χ1n) is 8.90. The predicted molar refractivity (Wildman–Crippen MR) is 108 cm³/mol. The predicted octanol–water partition coefficient (Wildman–Crippen LogP) is 1.22. The molecule has 0 aliphatic carbocycles. The molecule has 0 bridgehead atoms. The third kappa shape index (κ3) is 6.31. The second-order valence-corrected chi connectivity index (χ2v) is 7.01. The number of furan rings is 1. The number of carbonyl (C=O) groups is 3. The van der Waals surface area contributed by atoms with Crippen molar-refractivity contribution in [3.8, 4) is 5.75 Å². The average Bonchev–Trinajstić information content (AvgIpc) is 3.00. The molecule has 0 spiro atoms. The maximum Gasteiger partial charge on any atom is 0.342 e. The standard InChI is InChI=1S/C15H18ClNO4.C4H6O6/c1-5-20-15(19)11-8(2)21-10-6-9(7-17(3)4)14(18)13(16)12(10)11;5-1(3(7)8)2(6)4(9)10/h6,18H,5,7H2,1-4H3;1-2,5-6H,(H,7,8)(H,9,10). The monoisotopic (exact) mass is 461 g/mol. The lowest BCUT2D eigenvalue weighted by atomic mass is 10.1. The number of hydrogen-bond donors (Lipinski definition) is 5. The number of halogens is 1. The summed E-state index contributed by atoms with van der Waals surface area (Å²) in [4.78, 5) is 33.5. The third-order valence-electron chi connectivity index (χ3n) is 3.92. The molecule has 31 heavy (non-hydrogen) atoms. The number of aliphatic hydroxyl groups is 2. The van der Waals surface area contributed by atoms with Gasteiger partial charge in [-0.25, -0.2) is 14.4 Å². The molecular weight excluding hydrogens is 438 g/mol. The van der Waals surface area contributed by atoms with Gasteiger partial charge in [0, 0.05) is 12.1 Å². The van der Waals surface area contributed by atoms with Gasteiger partial charge in [0.2, 0.25) is 0 Å². The number of carbonyl (C=O) groups excluding carboxylic acids is 1. The molecular formula is C19H24ClNO10. The summed E-state index contributed by atoms with van der Waals surface area (Å²) in [5, 5.41) is 43.3. The number of esters is 1. The molecule has 0 amide bonds. The highest BCUT2D eigenvalue weighted by atomic mass is 35.5.